The van der Waals surface area contributed by atoms with E-state index < -0.39 is 5.97 Å². The van der Waals surface area contributed by atoms with Gasteiger partial charge in [-0.2, -0.15) is 0 Å². The molecule has 1 aliphatic rings. The molecule has 0 aromatic heterocycles. The number of nitrogens with one attached hydrogen (secondary N) is 1. The molecule has 0 saturated heterocycles. The first-order valence-corrected chi connectivity index (χ1v) is 3.02. The number of rotatable bonds is 1. The first kappa shape index (κ1) is 6.26. The van der Waals surface area contributed by atoms with Gasteiger partial charge >= 0.3 is 5.97 Å². The SMILES string of the molecule is CC1=[NH+]C(C(=O)O)CC1. The van der Waals surface area contributed by atoms with Gasteiger partial charge in [-0.1, -0.05) is 0 Å². The summed E-state index contributed by atoms with van der Waals surface area (Å²) in [4.78, 5) is 13.1. The smallest absolute Gasteiger partial charge is 0.372 e. The molecule has 50 valence electrons. The number of aliphatic carboxylic acids is 1. The van der Waals surface area contributed by atoms with E-state index in [0.29, 0.717) is 0 Å². The molecule has 1 aliphatic heterocycles. The van der Waals surface area contributed by atoms with Gasteiger partial charge in [0.25, 0.3) is 0 Å². The fourth-order valence-electron chi connectivity index (χ4n) is 0.988. The Morgan fingerprint density at radius 3 is 2.78 bits per heavy atom. The minimum absolute atomic E-state index is 0.329. The zero-order chi connectivity index (χ0) is 6.85. The maximum atomic E-state index is 10.3. The van der Waals surface area contributed by atoms with Crippen LogP contribution in [0.3, 0.4) is 0 Å². The molecule has 0 spiro atoms. The van der Waals surface area contributed by atoms with E-state index in [4.69, 9.17) is 5.11 Å². The van der Waals surface area contributed by atoms with E-state index in [9.17, 15) is 4.79 Å². The summed E-state index contributed by atoms with van der Waals surface area (Å²) in [7, 11) is 0. The summed E-state index contributed by atoms with van der Waals surface area (Å²) < 4.78 is 0. The van der Waals surface area contributed by atoms with Crippen LogP contribution in [0.1, 0.15) is 19.8 Å². The van der Waals surface area contributed by atoms with Crippen LogP contribution in [0.4, 0.5) is 0 Å². The highest BCUT2D eigenvalue weighted by atomic mass is 16.4. The summed E-state index contributed by atoms with van der Waals surface area (Å²) in [5.74, 6) is -0.744. The lowest BCUT2D eigenvalue weighted by molar-refractivity contribution is -0.481. The van der Waals surface area contributed by atoms with Gasteiger partial charge < -0.3 is 5.11 Å². The van der Waals surface area contributed by atoms with Crippen LogP contribution in [0.25, 0.3) is 0 Å². The van der Waals surface area contributed by atoms with Gasteiger partial charge in [0.05, 0.1) is 0 Å². The molecule has 3 heteroatoms. The number of hydrogen-bond acceptors (Lipinski definition) is 1. The first-order chi connectivity index (χ1) is 4.20. The van der Waals surface area contributed by atoms with Crippen molar-refractivity contribution in [3.05, 3.63) is 0 Å². The van der Waals surface area contributed by atoms with Crippen molar-refractivity contribution in [1.82, 2.24) is 0 Å². The molecule has 3 nitrogen and oxygen atoms in total. The van der Waals surface area contributed by atoms with Crippen molar-refractivity contribution >= 4 is 11.7 Å². The van der Waals surface area contributed by atoms with Crippen molar-refractivity contribution in [2.75, 3.05) is 0 Å². The molecule has 1 rings (SSSR count). The maximum Gasteiger partial charge on any atom is 0.372 e. The summed E-state index contributed by atoms with van der Waals surface area (Å²) >= 11 is 0. The van der Waals surface area contributed by atoms with Crippen molar-refractivity contribution in [2.24, 2.45) is 0 Å². The van der Waals surface area contributed by atoms with Crippen molar-refractivity contribution in [3.8, 4) is 0 Å². The Balaban J connectivity index is 2.57. The highest BCUT2D eigenvalue weighted by Crippen LogP contribution is 1.97. The van der Waals surface area contributed by atoms with E-state index in [-0.39, 0.29) is 6.04 Å². The molecule has 0 amide bonds. The third kappa shape index (κ3) is 1.28. The number of carboxylic acid groups (broad SMARTS) is 1. The van der Waals surface area contributed by atoms with Gasteiger partial charge in [-0.3, -0.25) is 0 Å². The van der Waals surface area contributed by atoms with Gasteiger partial charge in [-0.25, -0.2) is 9.79 Å². The van der Waals surface area contributed by atoms with E-state index in [1.807, 2.05) is 6.92 Å². The Morgan fingerprint density at radius 1 is 1.89 bits per heavy atom. The average Bonchev–Trinajstić information content (AvgIpc) is 2.14. The summed E-state index contributed by atoms with van der Waals surface area (Å²) in [5.41, 5.74) is 1.09. The van der Waals surface area contributed by atoms with Gasteiger partial charge in [-0.15, -0.1) is 0 Å². The molecule has 2 N–H and O–H groups in total. The standard InChI is InChI=1S/C6H9NO2/c1-4-2-3-5(7-4)6(8)9/h5H,2-3H2,1H3,(H,8,9)/p+1. The Labute approximate surface area is 53.4 Å². The average molecular weight is 128 g/mol. The van der Waals surface area contributed by atoms with Crippen LogP contribution >= 0.6 is 0 Å². The van der Waals surface area contributed by atoms with Gasteiger partial charge in [0.15, 0.2) is 0 Å². The fraction of sp³-hybridized carbons (Fsp3) is 0.667. The van der Waals surface area contributed by atoms with Crippen LogP contribution in [-0.4, -0.2) is 22.8 Å². The molecule has 0 radical (unpaired) electrons. The van der Waals surface area contributed by atoms with Crippen LogP contribution in [0, 0.1) is 0 Å². The zero-order valence-electron chi connectivity index (χ0n) is 5.35. The predicted molar refractivity (Wildman–Crippen MR) is 32.3 cm³/mol. The van der Waals surface area contributed by atoms with Crippen molar-refractivity contribution in [1.29, 1.82) is 0 Å². The quantitative estimate of drug-likeness (QED) is 0.465. The summed E-state index contributed by atoms with van der Waals surface area (Å²) in [5, 5.41) is 8.46. The highest BCUT2D eigenvalue weighted by molar-refractivity contribution is 5.81. The molecular formula is C6H10NO2+. The van der Waals surface area contributed by atoms with Crippen LogP contribution in [-0.2, 0) is 4.79 Å². The minimum atomic E-state index is -0.744. The van der Waals surface area contributed by atoms with Crippen LogP contribution in [0.5, 0.6) is 0 Å². The molecule has 1 unspecified atom stereocenters. The first-order valence-electron chi connectivity index (χ1n) is 3.02. The molecule has 0 aromatic rings. The third-order valence-electron chi connectivity index (χ3n) is 1.53. The fourth-order valence-corrected chi connectivity index (χ4v) is 0.988. The molecule has 0 fully saturated rings. The number of carboxylic acids is 1. The van der Waals surface area contributed by atoms with Crippen LogP contribution in [0.15, 0.2) is 0 Å². The molecule has 9 heavy (non-hydrogen) atoms. The Morgan fingerprint density at radius 2 is 2.56 bits per heavy atom. The molecule has 0 bridgehead atoms. The van der Waals surface area contributed by atoms with Gasteiger partial charge in [0.1, 0.15) is 5.71 Å². The lowest BCUT2D eigenvalue weighted by Gasteiger charge is -1.88. The second-order valence-corrected chi connectivity index (χ2v) is 2.35. The highest BCUT2D eigenvalue weighted by Gasteiger charge is 2.27. The lowest BCUT2D eigenvalue weighted by atomic mass is 10.2. The van der Waals surface area contributed by atoms with Crippen molar-refractivity contribution in [2.45, 2.75) is 25.8 Å². The van der Waals surface area contributed by atoms with E-state index in [1.54, 1.807) is 0 Å². The van der Waals surface area contributed by atoms with E-state index in [0.717, 1.165) is 18.6 Å². The topological polar surface area (TPSA) is 51.3 Å². The third-order valence-corrected chi connectivity index (χ3v) is 1.53. The second kappa shape index (κ2) is 2.17. The second-order valence-electron chi connectivity index (χ2n) is 2.35. The Kier molecular flexibility index (Phi) is 1.51. The number of hydrogen-bond donors (Lipinski definition) is 2. The molecule has 0 aliphatic carbocycles. The van der Waals surface area contributed by atoms with Crippen LogP contribution < -0.4 is 4.99 Å². The zero-order valence-corrected chi connectivity index (χ0v) is 5.35. The van der Waals surface area contributed by atoms with Crippen LogP contribution in [0.2, 0.25) is 0 Å². The van der Waals surface area contributed by atoms with Crippen molar-refractivity contribution < 1.29 is 14.9 Å². The Bertz CT molecular complexity index is 162. The lowest BCUT2D eigenvalue weighted by Crippen LogP contribution is -2.78. The Hall–Kier alpha value is -0.860. The molecular weight excluding hydrogens is 118 g/mol. The number of carbonyl (C=O) groups is 1. The molecule has 1 heterocycles. The molecule has 0 saturated carbocycles. The molecule has 1 atom stereocenters. The summed E-state index contributed by atoms with van der Waals surface area (Å²) in [6.07, 6.45) is 1.64. The monoisotopic (exact) mass is 128 g/mol. The maximum absolute atomic E-state index is 10.3. The summed E-state index contributed by atoms with van der Waals surface area (Å²) in [6.45, 7) is 1.92. The minimum Gasteiger partial charge on any atom is -0.476 e. The van der Waals surface area contributed by atoms with Gasteiger partial charge in [0.2, 0.25) is 6.04 Å². The molecule has 0 aromatic carbocycles. The largest absolute Gasteiger partial charge is 0.476 e. The normalized spacial score (nSPS) is 25.9. The van der Waals surface area contributed by atoms with E-state index in [1.165, 1.54) is 0 Å². The van der Waals surface area contributed by atoms with Gasteiger partial charge in [0, 0.05) is 19.8 Å². The predicted octanol–water partition coefficient (Wildman–Crippen LogP) is -1.23. The van der Waals surface area contributed by atoms with Crippen molar-refractivity contribution in [3.63, 3.8) is 0 Å². The summed E-state index contributed by atoms with van der Waals surface area (Å²) in [6, 6.07) is -0.329. The van der Waals surface area contributed by atoms with E-state index >= 15 is 0 Å². The van der Waals surface area contributed by atoms with E-state index in [2.05, 4.69) is 4.99 Å². The van der Waals surface area contributed by atoms with Gasteiger partial charge in [-0.05, 0) is 0 Å².